The van der Waals surface area contributed by atoms with Gasteiger partial charge in [-0.25, -0.2) is 9.07 Å². The van der Waals surface area contributed by atoms with E-state index < -0.39 is 12.3 Å². The number of likely N-dealkylation sites (tertiary alicyclic amines) is 2. The molecule has 2 aliphatic rings. The van der Waals surface area contributed by atoms with Crippen LogP contribution in [0.1, 0.15) is 52.1 Å². The minimum Gasteiger partial charge on any atom is -0.487 e. The quantitative estimate of drug-likeness (QED) is 0.213. The zero-order valence-electron chi connectivity index (χ0n) is 27.0. The predicted molar refractivity (Wildman–Crippen MR) is 181 cm³/mol. The van der Waals surface area contributed by atoms with E-state index in [4.69, 9.17) is 19.7 Å². The van der Waals surface area contributed by atoms with Gasteiger partial charge < -0.3 is 14.5 Å². The first-order chi connectivity index (χ1) is 23.9. The van der Waals surface area contributed by atoms with Crippen LogP contribution in [0.5, 0.6) is 5.75 Å². The van der Waals surface area contributed by atoms with Crippen LogP contribution in [-0.2, 0) is 13.1 Å². The minimum atomic E-state index is -1.17. The summed E-state index contributed by atoms with van der Waals surface area (Å²) in [6.45, 7) is 4.05. The normalized spacial score (nSPS) is 18.9. The Hall–Kier alpha value is -5.49. The lowest BCUT2D eigenvalue weighted by Crippen LogP contribution is -2.46. The molecule has 2 unspecified atom stereocenters. The van der Waals surface area contributed by atoms with E-state index in [9.17, 15) is 4.79 Å². The number of furan rings is 1. The van der Waals surface area contributed by atoms with Gasteiger partial charge in [-0.1, -0.05) is 12.1 Å². The Labute approximate surface area is 283 Å². The van der Waals surface area contributed by atoms with Crippen molar-refractivity contribution in [3.05, 3.63) is 113 Å². The fourth-order valence-electron chi connectivity index (χ4n) is 6.57. The number of carbonyl (C=O) groups is 1. The summed E-state index contributed by atoms with van der Waals surface area (Å²) in [5.41, 5.74) is 4.82. The highest BCUT2D eigenvalue weighted by molar-refractivity contribution is 5.96. The van der Waals surface area contributed by atoms with Crippen molar-refractivity contribution in [1.82, 2.24) is 24.9 Å². The summed E-state index contributed by atoms with van der Waals surface area (Å²) in [6, 6.07) is 26.2. The van der Waals surface area contributed by atoms with E-state index in [1.807, 2.05) is 42.6 Å². The molecular weight excluding hydrogens is 621 g/mol. The highest BCUT2D eigenvalue weighted by Gasteiger charge is 2.31. The molecule has 2 aromatic heterocycles. The standard InChI is InChI=1S/C38H36FN7O3/c39-34-25-45(23-29-21-42-46(24-29)32-7-5-27(20-41)6-8-32)16-13-36(34)48-33-9-10-35-30(17-33)18-37(49-35)38(47)43-31-11-14-44(15-12-31)22-28-3-1-26(19-40)2-4-28/h1-10,17-18,21,24,31,34,36H,11-16,22-23,25H2,(H,43,47). The van der Waals surface area contributed by atoms with Crippen LogP contribution in [-0.4, -0.2) is 70.0 Å². The van der Waals surface area contributed by atoms with Crippen LogP contribution in [0.4, 0.5) is 4.39 Å². The van der Waals surface area contributed by atoms with Crippen LogP contribution in [0, 0.1) is 22.7 Å². The van der Waals surface area contributed by atoms with E-state index in [0.29, 0.717) is 42.0 Å². The first kappa shape index (κ1) is 32.1. The third kappa shape index (κ3) is 7.65. The Balaban J connectivity index is 0.884. The number of piperidine rings is 2. The van der Waals surface area contributed by atoms with Gasteiger partial charge in [0.25, 0.3) is 5.91 Å². The van der Waals surface area contributed by atoms with Gasteiger partial charge in [0.1, 0.15) is 23.6 Å². The molecule has 248 valence electrons. The van der Waals surface area contributed by atoms with Gasteiger partial charge in [0.05, 0.1) is 35.1 Å². The molecule has 2 atom stereocenters. The van der Waals surface area contributed by atoms with Gasteiger partial charge in [0.2, 0.25) is 0 Å². The molecule has 0 radical (unpaired) electrons. The molecule has 3 aromatic carbocycles. The summed E-state index contributed by atoms with van der Waals surface area (Å²) in [6.07, 6.45) is 4.18. The van der Waals surface area contributed by atoms with Crippen molar-refractivity contribution >= 4 is 16.9 Å². The highest BCUT2D eigenvalue weighted by Crippen LogP contribution is 2.28. The van der Waals surface area contributed by atoms with E-state index in [1.54, 1.807) is 47.3 Å². The molecule has 7 rings (SSSR count). The number of benzene rings is 3. The largest absolute Gasteiger partial charge is 0.487 e. The van der Waals surface area contributed by atoms with Gasteiger partial charge in [-0.2, -0.15) is 15.6 Å². The van der Waals surface area contributed by atoms with E-state index >= 15 is 4.39 Å². The number of nitrogens with zero attached hydrogens (tertiary/aromatic N) is 6. The summed E-state index contributed by atoms with van der Waals surface area (Å²) in [4.78, 5) is 17.5. The molecule has 0 spiro atoms. The topological polar surface area (TPSA) is 123 Å². The number of halogens is 1. The third-order valence-corrected chi connectivity index (χ3v) is 9.28. The number of hydrogen-bond acceptors (Lipinski definition) is 8. The van der Waals surface area contributed by atoms with Crippen LogP contribution < -0.4 is 10.1 Å². The Morgan fingerprint density at radius 1 is 0.898 bits per heavy atom. The Morgan fingerprint density at radius 2 is 1.59 bits per heavy atom. The highest BCUT2D eigenvalue weighted by atomic mass is 19.1. The monoisotopic (exact) mass is 657 g/mol. The minimum absolute atomic E-state index is 0.0582. The summed E-state index contributed by atoms with van der Waals surface area (Å²) in [5.74, 6) is 0.536. The SMILES string of the molecule is N#Cc1ccc(CN2CCC(NC(=O)c3cc4cc(OC5CCN(Cc6cnn(-c7ccc(C#N)cc7)c6)CC5F)ccc4o3)CC2)cc1. The van der Waals surface area contributed by atoms with Crippen molar-refractivity contribution < 1.29 is 18.3 Å². The lowest BCUT2D eigenvalue weighted by atomic mass is 10.0. The lowest BCUT2D eigenvalue weighted by Gasteiger charge is -2.34. The molecule has 2 aliphatic heterocycles. The second kappa shape index (κ2) is 14.3. The van der Waals surface area contributed by atoms with Crippen molar-refractivity contribution in [2.45, 2.75) is 50.7 Å². The maximum Gasteiger partial charge on any atom is 0.287 e. The van der Waals surface area contributed by atoms with Crippen molar-refractivity contribution in [3.63, 3.8) is 0 Å². The van der Waals surface area contributed by atoms with Crippen molar-refractivity contribution in [2.24, 2.45) is 0 Å². The molecular formula is C38H36FN7O3. The molecule has 49 heavy (non-hydrogen) atoms. The zero-order valence-corrected chi connectivity index (χ0v) is 27.0. The van der Waals surface area contributed by atoms with Crippen LogP contribution in [0.25, 0.3) is 16.7 Å². The van der Waals surface area contributed by atoms with Crippen LogP contribution in [0.15, 0.2) is 89.6 Å². The average molecular weight is 658 g/mol. The maximum absolute atomic E-state index is 15.3. The summed E-state index contributed by atoms with van der Waals surface area (Å²) in [5, 5.41) is 26.3. The Kier molecular flexibility index (Phi) is 9.38. The average Bonchev–Trinajstić information content (AvgIpc) is 3.78. The van der Waals surface area contributed by atoms with Gasteiger partial charge in [0, 0.05) is 62.5 Å². The van der Waals surface area contributed by atoms with E-state index in [2.05, 4.69) is 32.4 Å². The maximum atomic E-state index is 15.3. The Bertz CT molecular complexity index is 2000. The number of carbonyl (C=O) groups excluding carboxylic acids is 1. The number of nitriles is 2. The molecule has 10 nitrogen and oxygen atoms in total. The third-order valence-electron chi connectivity index (χ3n) is 9.28. The zero-order chi connectivity index (χ0) is 33.7. The number of aromatic nitrogens is 2. The van der Waals surface area contributed by atoms with Crippen LogP contribution in [0.3, 0.4) is 0 Å². The van der Waals surface area contributed by atoms with Gasteiger partial charge >= 0.3 is 0 Å². The summed E-state index contributed by atoms with van der Waals surface area (Å²) in [7, 11) is 0. The second-order valence-electron chi connectivity index (χ2n) is 12.8. The van der Waals surface area contributed by atoms with Crippen LogP contribution in [0.2, 0.25) is 0 Å². The van der Waals surface area contributed by atoms with Gasteiger partial charge in [0.15, 0.2) is 5.76 Å². The molecule has 2 fully saturated rings. The van der Waals surface area contributed by atoms with E-state index in [0.717, 1.165) is 49.1 Å². The molecule has 11 heteroatoms. The number of alkyl halides is 1. The number of amides is 1. The number of nitrogens with one attached hydrogen (secondary N) is 1. The summed E-state index contributed by atoms with van der Waals surface area (Å²) >= 11 is 0. The van der Waals surface area contributed by atoms with Gasteiger partial charge in [-0.15, -0.1) is 0 Å². The molecule has 0 aliphatic carbocycles. The van der Waals surface area contributed by atoms with Crippen molar-refractivity contribution in [3.8, 4) is 23.6 Å². The van der Waals surface area contributed by atoms with E-state index in [-0.39, 0.29) is 24.3 Å². The molecule has 1 amide bonds. The van der Waals surface area contributed by atoms with E-state index in [1.165, 1.54) is 5.56 Å². The number of ether oxygens (including phenoxy) is 1. The fraction of sp³-hybridized carbons (Fsp3) is 0.316. The van der Waals surface area contributed by atoms with Gasteiger partial charge in [-0.3, -0.25) is 14.6 Å². The summed E-state index contributed by atoms with van der Waals surface area (Å²) < 4.78 is 29.1. The predicted octanol–water partition coefficient (Wildman–Crippen LogP) is 5.75. The molecule has 0 bridgehead atoms. The van der Waals surface area contributed by atoms with Crippen LogP contribution >= 0.6 is 0 Å². The molecule has 1 N–H and O–H groups in total. The van der Waals surface area contributed by atoms with Gasteiger partial charge in [-0.05, 0) is 85.5 Å². The number of rotatable bonds is 9. The Morgan fingerprint density at radius 3 is 2.31 bits per heavy atom. The fourth-order valence-corrected chi connectivity index (χ4v) is 6.57. The first-order valence-corrected chi connectivity index (χ1v) is 16.6. The molecule has 0 saturated carbocycles. The van der Waals surface area contributed by atoms with Crippen molar-refractivity contribution in [2.75, 3.05) is 26.2 Å². The lowest BCUT2D eigenvalue weighted by molar-refractivity contribution is 0.0191. The number of hydrogen-bond donors (Lipinski definition) is 1. The molecule has 5 aromatic rings. The first-order valence-electron chi connectivity index (χ1n) is 16.6. The molecule has 2 saturated heterocycles. The second-order valence-corrected chi connectivity index (χ2v) is 12.8. The molecule has 4 heterocycles. The van der Waals surface area contributed by atoms with Crippen molar-refractivity contribution in [1.29, 1.82) is 10.5 Å². The number of fused-ring (bicyclic) bond motifs is 1. The smallest absolute Gasteiger partial charge is 0.287 e.